The van der Waals surface area contributed by atoms with Gasteiger partial charge in [-0.15, -0.1) is 0 Å². The molecule has 88 valence electrons. The van der Waals surface area contributed by atoms with Crippen LogP contribution in [0.15, 0.2) is 45.5 Å². The normalized spacial score (nSPS) is 10.3. The molecule has 0 fully saturated rings. The number of halogens is 2. The van der Waals surface area contributed by atoms with E-state index in [1.54, 1.807) is 0 Å². The minimum absolute atomic E-state index is 0.795. The van der Waals surface area contributed by atoms with Gasteiger partial charge in [0.1, 0.15) is 4.60 Å². The Morgan fingerprint density at radius 3 is 2.71 bits per heavy atom. The lowest BCUT2D eigenvalue weighted by molar-refractivity contribution is 1.10. The van der Waals surface area contributed by atoms with E-state index in [2.05, 4.69) is 54.3 Å². The van der Waals surface area contributed by atoms with E-state index in [-0.39, 0.29) is 0 Å². The molecule has 0 saturated carbocycles. The van der Waals surface area contributed by atoms with Gasteiger partial charge in [0.05, 0.1) is 11.4 Å². The Morgan fingerprint density at radius 2 is 2.00 bits per heavy atom. The Morgan fingerprint density at radius 1 is 1.18 bits per heavy atom. The molecule has 1 heterocycles. The quantitative estimate of drug-likeness (QED) is 0.818. The van der Waals surface area contributed by atoms with Crippen molar-refractivity contribution in [3.8, 4) is 0 Å². The molecule has 1 N–H and O–H groups in total. The summed E-state index contributed by atoms with van der Waals surface area (Å²) in [6.07, 6.45) is 0. The largest absolute Gasteiger partial charge is 0.380 e. The second-order valence-corrected chi connectivity index (χ2v) is 5.48. The summed E-state index contributed by atoms with van der Waals surface area (Å²) in [4.78, 5) is 4.35. The maximum Gasteiger partial charge on any atom is 0.106 e. The van der Waals surface area contributed by atoms with Crippen molar-refractivity contribution in [2.75, 3.05) is 5.32 Å². The van der Waals surface area contributed by atoms with Gasteiger partial charge in [0, 0.05) is 11.0 Å². The molecule has 1 aromatic heterocycles. The number of anilines is 1. The van der Waals surface area contributed by atoms with Gasteiger partial charge >= 0.3 is 0 Å². The number of nitrogens with one attached hydrogen (secondary N) is 1. The molecule has 0 aliphatic carbocycles. The Hall–Kier alpha value is -0.870. The summed E-state index contributed by atoms with van der Waals surface area (Å²) in [5.74, 6) is 0. The number of nitrogens with zero attached hydrogens (tertiary/aromatic N) is 1. The maximum absolute atomic E-state index is 4.35. The molecule has 0 spiro atoms. The molecule has 0 bridgehead atoms. The van der Waals surface area contributed by atoms with E-state index >= 15 is 0 Å². The first-order valence-electron chi connectivity index (χ1n) is 5.26. The predicted molar refractivity (Wildman–Crippen MR) is 78.1 cm³/mol. The smallest absolute Gasteiger partial charge is 0.106 e. The van der Waals surface area contributed by atoms with Crippen LogP contribution >= 0.6 is 31.9 Å². The van der Waals surface area contributed by atoms with Crippen molar-refractivity contribution in [2.45, 2.75) is 13.5 Å². The number of aryl methyl sites for hydroxylation is 1. The van der Waals surface area contributed by atoms with Crippen LogP contribution in [0.25, 0.3) is 0 Å². The van der Waals surface area contributed by atoms with Crippen LogP contribution in [0.2, 0.25) is 0 Å². The maximum atomic E-state index is 4.35. The zero-order valence-electron chi connectivity index (χ0n) is 9.37. The van der Waals surface area contributed by atoms with E-state index in [9.17, 15) is 0 Å². The monoisotopic (exact) mass is 354 g/mol. The Labute approximate surface area is 118 Å². The fraction of sp³-hybridized carbons (Fsp3) is 0.154. The van der Waals surface area contributed by atoms with Crippen LogP contribution in [0.1, 0.15) is 11.3 Å². The van der Waals surface area contributed by atoms with E-state index in [0.717, 1.165) is 27.0 Å². The minimum atomic E-state index is 0.795. The van der Waals surface area contributed by atoms with Gasteiger partial charge in [-0.1, -0.05) is 28.1 Å². The van der Waals surface area contributed by atoms with Crippen molar-refractivity contribution in [3.05, 3.63) is 56.7 Å². The molecule has 0 saturated heterocycles. The molecule has 4 heteroatoms. The molecular weight excluding hydrogens is 344 g/mol. The molecule has 0 radical (unpaired) electrons. The zero-order chi connectivity index (χ0) is 12.3. The van der Waals surface area contributed by atoms with Crippen LogP contribution in [-0.2, 0) is 6.54 Å². The van der Waals surface area contributed by atoms with Crippen LogP contribution in [0.4, 0.5) is 5.69 Å². The van der Waals surface area contributed by atoms with Gasteiger partial charge in [-0.05, 0) is 52.7 Å². The molecule has 0 aliphatic rings. The Bertz CT molecular complexity index is 527. The van der Waals surface area contributed by atoms with Crippen molar-refractivity contribution in [1.82, 2.24) is 4.98 Å². The standard InChI is InChI=1S/C13H12Br2N2/c1-9-12(5-6-13(15)17-9)16-8-10-3-2-4-11(14)7-10/h2-7,16H,8H2,1H3. The van der Waals surface area contributed by atoms with Gasteiger partial charge in [0.2, 0.25) is 0 Å². The number of pyridine rings is 1. The number of hydrogen-bond acceptors (Lipinski definition) is 2. The molecule has 2 nitrogen and oxygen atoms in total. The van der Waals surface area contributed by atoms with Crippen LogP contribution in [0.3, 0.4) is 0 Å². The first-order chi connectivity index (χ1) is 8.15. The Kier molecular flexibility index (Phi) is 4.18. The second kappa shape index (κ2) is 5.65. The van der Waals surface area contributed by atoms with Crippen molar-refractivity contribution >= 4 is 37.5 Å². The average molecular weight is 356 g/mol. The number of rotatable bonds is 3. The third-order valence-corrected chi connectivity index (χ3v) is 3.36. The lowest BCUT2D eigenvalue weighted by Crippen LogP contribution is -2.02. The molecule has 0 aliphatic heterocycles. The lowest BCUT2D eigenvalue weighted by Gasteiger charge is -2.09. The van der Waals surface area contributed by atoms with Gasteiger partial charge in [0.25, 0.3) is 0 Å². The number of benzene rings is 1. The topological polar surface area (TPSA) is 24.9 Å². The fourth-order valence-electron chi connectivity index (χ4n) is 1.56. The molecule has 0 unspecified atom stereocenters. The SMILES string of the molecule is Cc1nc(Br)ccc1NCc1cccc(Br)c1. The summed E-state index contributed by atoms with van der Waals surface area (Å²) >= 11 is 6.82. The summed E-state index contributed by atoms with van der Waals surface area (Å²) in [5.41, 5.74) is 3.30. The van der Waals surface area contributed by atoms with Crippen LogP contribution < -0.4 is 5.32 Å². The van der Waals surface area contributed by atoms with Crippen LogP contribution in [0, 0.1) is 6.92 Å². The third kappa shape index (κ3) is 3.54. The molecule has 0 amide bonds. The van der Waals surface area contributed by atoms with Gasteiger partial charge < -0.3 is 5.32 Å². The summed E-state index contributed by atoms with van der Waals surface area (Å²) in [6.45, 7) is 2.79. The molecule has 0 atom stereocenters. The molecular formula is C13H12Br2N2. The highest BCUT2D eigenvalue weighted by Gasteiger charge is 2.00. The number of hydrogen-bond donors (Lipinski definition) is 1. The van der Waals surface area contributed by atoms with E-state index in [0.29, 0.717) is 0 Å². The van der Waals surface area contributed by atoms with Gasteiger partial charge in [-0.25, -0.2) is 4.98 Å². The first kappa shape index (κ1) is 12.6. The van der Waals surface area contributed by atoms with Gasteiger partial charge in [0.15, 0.2) is 0 Å². The highest BCUT2D eigenvalue weighted by atomic mass is 79.9. The van der Waals surface area contributed by atoms with Crippen molar-refractivity contribution in [3.63, 3.8) is 0 Å². The third-order valence-electron chi connectivity index (χ3n) is 2.42. The molecule has 2 rings (SSSR count). The summed E-state index contributed by atoms with van der Waals surface area (Å²) < 4.78 is 1.96. The predicted octanol–water partition coefficient (Wildman–Crippen LogP) is 4.53. The van der Waals surface area contributed by atoms with Crippen LogP contribution in [0.5, 0.6) is 0 Å². The first-order valence-corrected chi connectivity index (χ1v) is 6.85. The average Bonchev–Trinajstić information content (AvgIpc) is 2.28. The molecule has 2 aromatic rings. The van der Waals surface area contributed by atoms with Gasteiger partial charge in [-0.3, -0.25) is 0 Å². The van der Waals surface area contributed by atoms with E-state index in [1.807, 2.05) is 31.2 Å². The number of aromatic nitrogens is 1. The molecule has 1 aromatic carbocycles. The summed E-state index contributed by atoms with van der Waals surface area (Å²) in [7, 11) is 0. The lowest BCUT2D eigenvalue weighted by atomic mass is 10.2. The van der Waals surface area contributed by atoms with E-state index in [1.165, 1.54) is 5.56 Å². The second-order valence-electron chi connectivity index (χ2n) is 3.75. The van der Waals surface area contributed by atoms with E-state index < -0.39 is 0 Å². The summed E-state index contributed by atoms with van der Waals surface area (Å²) in [6, 6.07) is 12.2. The minimum Gasteiger partial charge on any atom is -0.380 e. The zero-order valence-corrected chi connectivity index (χ0v) is 12.5. The fourth-order valence-corrected chi connectivity index (χ4v) is 2.41. The van der Waals surface area contributed by atoms with Crippen molar-refractivity contribution in [1.29, 1.82) is 0 Å². The molecule has 17 heavy (non-hydrogen) atoms. The van der Waals surface area contributed by atoms with Crippen molar-refractivity contribution in [2.24, 2.45) is 0 Å². The highest BCUT2D eigenvalue weighted by molar-refractivity contribution is 9.10. The highest BCUT2D eigenvalue weighted by Crippen LogP contribution is 2.18. The van der Waals surface area contributed by atoms with Gasteiger partial charge in [-0.2, -0.15) is 0 Å². The summed E-state index contributed by atoms with van der Waals surface area (Å²) in [5, 5.41) is 3.38. The van der Waals surface area contributed by atoms with E-state index in [4.69, 9.17) is 0 Å². The Balaban J connectivity index is 2.07. The van der Waals surface area contributed by atoms with Crippen LogP contribution in [-0.4, -0.2) is 4.98 Å². The van der Waals surface area contributed by atoms with Crippen molar-refractivity contribution < 1.29 is 0 Å².